The first-order chi connectivity index (χ1) is 35.9. The van der Waals surface area contributed by atoms with Crippen molar-refractivity contribution in [2.24, 2.45) is 0 Å². The number of nitrogens with one attached hydrogen (secondary N) is 2. The number of anilines is 1. The minimum absolute atomic E-state index is 0.0732. The molecule has 1 unspecified atom stereocenters. The number of amides is 2. The first kappa shape index (κ1) is 64.2. The summed E-state index contributed by atoms with van der Waals surface area (Å²) in [4.78, 5) is 62.5. The first-order valence-corrected chi connectivity index (χ1v) is 30.3. The molecule has 3 rings (SSSR count). The lowest BCUT2D eigenvalue weighted by Gasteiger charge is -2.24. The van der Waals surface area contributed by atoms with E-state index in [1.807, 2.05) is 31.2 Å². The summed E-state index contributed by atoms with van der Waals surface area (Å²) in [6.45, 7) is 13.3. The van der Waals surface area contributed by atoms with E-state index in [0.717, 1.165) is 54.9 Å². The van der Waals surface area contributed by atoms with Crippen molar-refractivity contribution in [2.45, 2.75) is 259 Å². The Morgan fingerprint density at radius 3 is 1.74 bits per heavy atom. The highest BCUT2D eigenvalue weighted by molar-refractivity contribution is 7.99. The third-order valence-corrected chi connectivity index (χ3v) is 14.5. The summed E-state index contributed by atoms with van der Waals surface area (Å²) < 4.78 is 25.1. The van der Waals surface area contributed by atoms with Crippen LogP contribution in [-0.2, 0) is 46.5 Å². The molecule has 3 aromatic rings. The summed E-state index contributed by atoms with van der Waals surface area (Å²) in [5.41, 5.74) is 7.84. The number of alkyl carbamates (subject to hydrolysis) is 1. The van der Waals surface area contributed by atoms with E-state index < -0.39 is 23.8 Å². The number of nitrogen functional groups attached to an aromatic ring is 1. The van der Waals surface area contributed by atoms with Crippen molar-refractivity contribution in [3.05, 3.63) is 30.1 Å². The lowest BCUT2D eigenvalue weighted by molar-refractivity contribution is -0.157. The monoisotopic (exact) mass is 1050 g/mol. The summed E-state index contributed by atoms with van der Waals surface area (Å²) in [5.74, 6) is 0.464. The predicted molar refractivity (Wildman–Crippen MR) is 304 cm³/mol. The fraction of sp³-hybridized carbons (Fsp3) is 0.763. The van der Waals surface area contributed by atoms with Gasteiger partial charge >= 0.3 is 18.0 Å². The number of esters is 2. The number of carbonyl (C=O) groups excluding carboxylic acids is 4. The number of benzene rings is 1. The Morgan fingerprint density at radius 2 is 1.20 bits per heavy atom. The van der Waals surface area contributed by atoms with Gasteiger partial charge in [0, 0.05) is 49.4 Å². The Morgan fingerprint density at radius 1 is 0.676 bits per heavy atom. The number of carbonyl (C=O) groups is 4. The minimum Gasteiger partial charge on any atom is -0.462 e. The Kier molecular flexibility index (Phi) is 34.1. The Balaban J connectivity index is 1.56. The molecule has 2 amide bonds. The highest BCUT2D eigenvalue weighted by atomic mass is 32.2. The number of aryl methyl sites for hydroxylation is 1. The molecule has 14 nitrogen and oxygen atoms in total. The molecule has 0 aliphatic rings. The normalized spacial score (nSPS) is 12.5. The molecule has 15 heteroatoms. The number of nitrogens with two attached hydrogens (primary N) is 1. The number of hydrogen-bond acceptors (Lipinski definition) is 12. The van der Waals surface area contributed by atoms with Crippen LogP contribution >= 0.6 is 11.8 Å². The van der Waals surface area contributed by atoms with E-state index in [2.05, 4.69) is 34.0 Å². The van der Waals surface area contributed by atoms with E-state index in [0.29, 0.717) is 62.7 Å². The Labute approximate surface area is 450 Å². The number of pyridine rings is 1. The van der Waals surface area contributed by atoms with Gasteiger partial charge in [0.2, 0.25) is 5.91 Å². The van der Waals surface area contributed by atoms with Crippen LogP contribution in [0.25, 0.3) is 21.9 Å². The number of fused-ring (bicyclic) bond motifs is 3. The Bertz CT molecular complexity index is 2010. The van der Waals surface area contributed by atoms with Gasteiger partial charge in [0.15, 0.2) is 5.82 Å². The van der Waals surface area contributed by atoms with Crippen molar-refractivity contribution >= 4 is 63.5 Å². The molecule has 1 aromatic carbocycles. The van der Waals surface area contributed by atoms with Gasteiger partial charge in [0.05, 0.1) is 11.0 Å². The molecule has 0 saturated heterocycles. The van der Waals surface area contributed by atoms with Gasteiger partial charge in [-0.05, 0) is 53.0 Å². The van der Waals surface area contributed by atoms with Gasteiger partial charge in [-0.25, -0.2) is 14.8 Å². The van der Waals surface area contributed by atoms with Crippen molar-refractivity contribution in [2.75, 3.05) is 37.0 Å². The lowest BCUT2D eigenvalue weighted by Crippen LogP contribution is -2.50. The number of para-hydroxylation sites is 1. The fourth-order valence-corrected chi connectivity index (χ4v) is 10.2. The van der Waals surface area contributed by atoms with Gasteiger partial charge < -0.3 is 39.9 Å². The van der Waals surface area contributed by atoms with Crippen molar-refractivity contribution in [1.29, 1.82) is 0 Å². The molecule has 0 fully saturated rings. The molecule has 2 heterocycles. The third kappa shape index (κ3) is 28.1. The predicted octanol–water partition coefficient (Wildman–Crippen LogP) is 14.3. The highest BCUT2D eigenvalue weighted by Gasteiger charge is 2.26. The summed E-state index contributed by atoms with van der Waals surface area (Å²) >= 11 is 1.34. The lowest BCUT2D eigenvalue weighted by atomic mass is 10.0. The molecule has 0 bridgehead atoms. The molecule has 0 radical (unpaired) electrons. The number of rotatable bonds is 44. The van der Waals surface area contributed by atoms with Gasteiger partial charge in [-0.15, -0.1) is 0 Å². The number of hydrogen-bond donors (Lipinski definition) is 3. The average Bonchev–Trinajstić information content (AvgIpc) is 3.74. The maximum atomic E-state index is 13.9. The van der Waals surface area contributed by atoms with Gasteiger partial charge in [-0.2, -0.15) is 11.8 Å². The molecule has 420 valence electrons. The number of imidazole rings is 1. The smallest absolute Gasteiger partial charge is 0.408 e. The number of aromatic nitrogens is 3. The second-order valence-corrected chi connectivity index (χ2v) is 22.3. The van der Waals surface area contributed by atoms with Crippen LogP contribution in [-0.4, -0.2) is 87.5 Å². The molecular weight excluding hydrogens is 953 g/mol. The van der Waals surface area contributed by atoms with Crippen molar-refractivity contribution in [1.82, 2.24) is 25.2 Å². The molecule has 0 saturated carbocycles. The number of unbranched alkanes of at least 4 members (excludes halogenated alkanes) is 24. The van der Waals surface area contributed by atoms with E-state index in [9.17, 15) is 19.2 Å². The summed E-state index contributed by atoms with van der Waals surface area (Å²) in [7, 11) is 0. The second kappa shape index (κ2) is 39.3. The SMILES string of the molecule is CCCCCCCCCCCCCCCC(=O)OC[C@H](CSCC(NC(=O)OC(C)(C)C)C(=O)NCCCn1c(COCC)nc2c(N)nc3ccccc3c21)OC(=O)CCCCCCCCCCCCCCC. The van der Waals surface area contributed by atoms with E-state index in [1.54, 1.807) is 20.8 Å². The van der Waals surface area contributed by atoms with Crippen LogP contribution in [0.2, 0.25) is 0 Å². The largest absolute Gasteiger partial charge is 0.462 e. The summed E-state index contributed by atoms with van der Waals surface area (Å²) in [6.07, 6.45) is 31.4. The van der Waals surface area contributed by atoms with Crippen LogP contribution in [0.4, 0.5) is 10.6 Å². The van der Waals surface area contributed by atoms with Gasteiger partial charge in [-0.1, -0.05) is 186 Å². The van der Waals surface area contributed by atoms with Crippen LogP contribution in [0.1, 0.15) is 234 Å². The minimum atomic E-state index is -0.965. The molecule has 4 N–H and O–H groups in total. The van der Waals surface area contributed by atoms with Crippen LogP contribution < -0.4 is 16.4 Å². The van der Waals surface area contributed by atoms with Gasteiger partial charge in [0.25, 0.3) is 0 Å². The third-order valence-electron chi connectivity index (χ3n) is 13.3. The number of ether oxygens (including phenoxy) is 4. The molecule has 0 spiro atoms. The van der Waals surface area contributed by atoms with E-state index in [4.69, 9.17) is 29.7 Å². The second-order valence-electron chi connectivity index (χ2n) is 21.2. The summed E-state index contributed by atoms with van der Waals surface area (Å²) in [5, 5.41) is 6.69. The molecule has 0 aliphatic carbocycles. The van der Waals surface area contributed by atoms with E-state index in [1.165, 1.54) is 140 Å². The first-order valence-electron chi connectivity index (χ1n) is 29.2. The van der Waals surface area contributed by atoms with Crippen molar-refractivity contribution in [3.8, 4) is 0 Å². The van der Waals surface area contributed by atoms with E-state index in [-0.39, 0.29) is 36.0 Å². The average molecular weight is 1050 g/mol. The standard InChI is InChI=1S/C59H100N6O8S/c1-7-10-12-14-16-18-20-22-24-26-28-30-32-39-52(66)71-43-47(72-53(67)40-33-31-29-27-25-23-21-19-17-15-13-11-8-2)45-74-46-50(63-58(69)73-59(4,5)6)57(68)61-41-36-42-65-51(44-70-9-3)64-54-55(65)48-37-34-35-38-49(48)62-56(54)60/h34-35,37-38,47,50H,7-33,36,39-46H2,1-6H3,(H2,60,62)(H,61,68)(H,63,69)/t47-,50?/m1/s1. The van der Waals surface area contributed by atoms with Crippen LogP contribution in [0.15, 0.2) is 24.3 Å². The van der Waals surface area contributed by atoms with Crippen molar-refractivity contribution < 1.29 is 38.1 Å². The van der Waals surface area contributed by atoms with Crippen LogP contribution in [0, 0.1) is 0 Å². The molecule has 74 heavy (non-hydrogen) atoms. The Hall–Kier alpha value is -4.11. The van der Waals surface area contributed by atoms with Crippen LogP contribution in [0.5, 0.6) is 0 Å². The number of nitrogens with zero attached hydrogens (tertiary/aromatic N) is 3. The van der Waals surface area contributed by atoms with Crippen molar-refractivity contribution in [3.63, 3.8) is 0 Å². The zero-order chi connectivity index (χ0) is 53.7. The van der Waals surface area contributed by atoms with Crippen LogP contribution in [0.3, 0.4) is 0 Å². The zero-order valence-corrected chi connectivity index (χ0v) is 47.8. The fourth-order valence-electron chi connectivity index (χ4n) is 9.16. The molecule has 2 aromatic heterocycles. The molecule has 2 atom stereocenters. The van der Waals surface area contributed by atoms with E-state index >= 15 is 0 Å². The molecule has 0 aliphatic heterocycles. The maximum absolute atomic E-state index is 13.9. The quantitative estimate of drug-likeness (QED) is 0.0277. The number of thioether (sulfide) groups is 1. The topological polar surface area (TPSA) is 186 Å². The zero-order valence-electron chi connectivity index (χ0n) is 47.0. The van der Waals surface area contributed by atoms with Gasteiger partial charge in [-0.3, -0.25) is 14.4 Å². The molecular formula is C59H100N6O8S. The van der Waals surface area contributed by atoms with Gasteiger partial charge in [0.1, 0.15) is 42.3 Å². The highest BCUT2D eigenvalue weighted by Crippen LogP contribution is 2.29. The maximum Gasteiger partial charge on any atom is 0.408 e. The summed E-state index contributed by atoms with van der Waals surface area (Å²) in [6, 6.07) is 6.82.